The van der Waals surface area contributed by atoms with E-state index < -0.39 is 0 Å². The van der Waals surface area contributed by atoms with Gasteiger partial charge in [-0.15, -0.1) is 11.3 Å². The summed E-state index contributed by atoms with van der Waals surface area (Å²) in [6, 6.07) is 1.96. The molecule has 1 aliphatic heterocycles. The average Bonchev–Trinajstić information content (AvgIpc) is 3.12. The highest BCUT2D eigenvalue weighted by molar-refractivity contribution is 7.09. The van der Waals surface area contributed by atoms with E-state index in [1.807, 2.05) is 31.1 Å². The summed E-state index contributed by atoms with van der Waals surface area (Å²) in [5, 5.41) is 3.35. The number of piperidine rings is 1. The maximum Gasteiger partial charge on any atom is 0.255 e. The standard InChI is InChI=1S/C17H23N3OS/c1-4-15-14(7-8-19(15)3)17(21)20-9-5-13(6-10-20)16-18-12(2)11-22-16/h7-8,11,13H,4-6,9-10H2,1-3H3. The molecule has 1 aliphatic rings. The summed E-state index contributed by atoms with van der Waals surface area (Å²) in [6.07, 6.45) is 4.91. The van der Waals surface area contributed by atoms with Crippen LogP contribution in [-0.2, 0) is 13.5 Å². The van der Waals surface area contributed by atoms with Crippen molar-refractivity contribution in [2.24, 2.45) is 7.05 Å². The van der Waals surface area contributed by atoms with E-state index in [1.165, 1.54) is 5.01 Å². The molecule has 0 spiro atoms. The van der Waals surface area contributed by atoms with Gasteiger partial charge in [-0.2, -0.15) is 0 Å². The van der Waals surface area contributed by atoms with Gasteiger partial charge < -0.3 is 9.47 Å². The third-order valence-corrected chi connectivity index (χ3v) is 5.66. The Balaban J connectivity index is 1.67. The van der Waals surface area contributed by atoms with Gasteiger partial charge in [0.2, 0.25) is 0 Å². The highest BCUT2D eigenvalue weighted by Crippen LogP contribution is 2.31. The number of carbonyl (C=O) groups is 1. The molecule has 0 bridgehead atoms. The monoisotopic (exact) mass is 317 g/mol. The van der Waals surface area contributed by atoms with Crippen molar-refractivity contribution in [3.8, 4) is 0 Å². The van der Waals surface area contributed by atoms with Crippen LogP contribution in [0.4, 0.5) is 0 Å². The Morgan fingerprint density at radius 3 is 2.73 bits per heavy atom. The lowest BCUT2D eigenvalue weighted by molar-refractivity contribution is 0.0711. The topological polar surface area (TPSA) is 38.1 Å². The fourth-order valence-corrected chi connectivity index (χ4v) is 4.23. The summed E-state index contributed by atoms with van der Waals surface area (Å²) in [6.45, 7) is 5.81. The molecule has 0 atom stereocenters. The SMILES string of the molecule is CCc1c(C(=O)N2CCC(c3nc(C)cs3)CC2)ccn1C. The predicted octanol–water partition coefficient (Wildman–Crippen LogP) is 3.37. The number of amides is 1. The van der Waals surface area contributed by atoms with Crippen molar-refractivity contribution in [2.75, 3.05) is 13.1 Å². The van der Waals surface area contributed by atoms with Crippen LogP contribution in [0.15, 0.2) is 17.6 Å². The van der Waals surface area contributed by atoms with Crippen molar-refractivity contribution in [1.82, 2.24) is 14.5 Å². The van der Waals surface area contributed by atoms with Crippen molar-refractivity contribution >= 4 is 17.2 Å². The van der Waals surface area contributed by atoms with Gasteiger partial charge in [-0.3, -0.25) is 4.79 Å². The van der Waals surface area contributed by atoms with E-state index in [9.17, 15) is 4.79 Å². The zero-order valence-corrected chi connectivity index (χ0v) is 14.3. The molecule has 2 aromatic heterocycles. The minimum Gasteiger partial charge on any atom is -0.354 e. The Kier molecular flexibility index (Phi) is 4.34. The Labute approximate surface area is 135 Å². The van der Waals surface area contributed by atoms with Crippen LogP contribution in [0.25, 0.3) is 0 Å². The van der Waals surface area contributed by atoms with E-state index in [0.717, 1.165) is 49.3 Å². The minimum absolute atomic E-state index is 0.186. The number of aromatic nitrogens is 2. The molecule has 0 radical (unpaired) electrons. The smallest absolute Gasteiger partial charge is 0.255 e. The zero-order valence-electron chi connectivity index (χ0n) is 13.5. The van der Waals surface area contributed by atoms with E-state index in [-0.39, 0.29) is 5.91 Å². The van der Waals surface area contributed by atoms with Crippen molar-refractivity contribution in [2.45, 2.75) is 39.0 Å². The van der Waals surface area contributed by atoms with Crippen molar-refractivity contribution in [1.29, 1.82) is 0 Å². The zero-order chi connectivity index (χ0) is 15.7. The van der Waals surface area contributed by atoms with Crippen LogP contribution in [0.1, 0.15) is 52.4 Å². The van der Waals surface area contributed by atoms with Gasteiger partial charge in [-0.05, 0) is 32.3 Å². The first kappa shape index (κ1) is 15.3. The lowest BCUT2D eigenvalue weighted by Crippen LogP contribution is -2.38. The van der Waals surface area contributed by atoms with Crippen LogP contribution in [0.2, 0.25) is 0 Å². The summed E-state index contributed by atoms with van der Waals surface area (Å²) in [4.78, 5) is 19.3. The third kappa shape index (κ3) is 2.82. The summed E-state index contributed by atoms with van der Waals surface area (Å²) in [5.74, 6) is 0.704. The number of hydrogen-bond donors (Lipinski definition) is 0. The summed E-state index contributed by atoms with van der Waals surface area (Å²) >= 11 is 1.75. The average molecular weight is 317 g/mol. The number of aryl methyl sites for hydroxylation is 2. The number of thiazole rings is 1. The molecule has 3 rings (SSSR count). The van der Waals surface area contributed by atoms with Crippen molar-refractivity contribution < 1.29 is 4.79 Å². The molecule has 5 heteroatoms. The van der Waals surface area contributed by atoms with E-state index in [4.69, 9.17) is 0 Å². The number of carbonyl (C=O) groups excluding carboxylic acids is 1. The van der Waals surface area contributed by atoms with Gasteiger partial charge in [0, 0.05) is 49.0 Å². The minimum atomic E-state index is 0.186. The molecule has 22 heavy (non-hydrogen) atoms. The van der Waals surface area contributed by atoms with E-state index >= 15 is 0 Å². The molecule has 2 aromatic rings. The van der Waals surface area contributed by atoms with Gasteiger partial charge in [-0.1, -0.05) is 6.92 Å². The van der Waals surface area contributed by atoms with Crippen LogP contribution in [0.5, 0.6) is 0 Å². The molecule has 0 saturated carbocycles. The second kappa shape index (κ2) is 6.24. The molecule has 1 saturated heterocycles. The van der Waals surface area contributed by atoms with Crippen LogP contribution in [-0.4, -0.2) is 33.4 Å². The molecule has 1 amide bonds. The molecule has 1 fully saturated rings. The lowest BCUT2D eigenvalue weighted by atomic mass is 9.97. The van der Waals surface area contributed by atoms with Gasteiger partial charge in [0.15, 0.2) is 0 Å². The van der Waals surface area contributed by atoms with Gasteiger partial charge in [-0.25, -0.2) is 4.98 Å². The number of hydrogen-bond acceptors (Lipinski definition) is 3. The second-order valence-electron chi connectivity index (χ2n) is 6.03. The Bertz CT molecular complexity index is 665. The molecule has 0 N–H and O–H groups in total. The first-order valence-electron chi connectivity index (χ1n) is 7.95. The maximum atomic E-state index is 12.7. The molecule has 0 unspecified atom stereocenters. The van der Waals surface area contributed by atoms with Crippen molar-refractivity contribution in [3.63, 3.8) is 0 Å². The van der Waals surface area contributed by atoms with Crippen LogP contribution >= 0.6 is 11.3 Å². The van der Waals surface area contributed by atoms with Gasteiger partial charge in [0.25, 0.3) is 5.91 Å². The van der Waals surface area contributed by atoms with Crippen LogP contribution in [0.3, 0.4) is 0 Å². The highest BCUT2D eigenvalue weighted by Gasteiger charge is 2.27. The van der Waals surface area contributed by atoms with E-state index in [1.54, 1.807) is 11.3 Å². The van der Waals surface area contributed by atoms with Crippen LogP contribution < -0.4 is 0 Å². The Morgan fingerprint density at radius 1 is 1.41 bits per heavy atom. The third-order valence-electron chi connectivity index (χ3n) is 4.53. The Morgan fingerprint density at radius 2 is 2.14 bits per heavy atom. The summed E-state index contributed by atoms with van der Waals surface area (Å²) < 4.78 is 2.05. The lowest BCUT2D eigenvalue weighted by Gasteiger charge is -2.31. The second-order valence-corrected chi connectivity index (χ2v) is 6.92. The van der Waals surface area contributed by atoms with E-state index in [2.05, 4.69) is 21.9 Å². The molecule has 4 nitrogen and oxygen atoms in total. The molecule has 0 aliphatic carbocycles. The number of nitrogens with zero attached hydrogens (tertiary/aromatic N) is 3. The quantitative estimate of drug-likeness (QED) is 0.870. The first-order chi connectivity index (χ1) is 10.6. The van der Waals surface area contributed by atoms with Crippen molar-refractivity contribution in [3.05, 3.63) is 39.6 Å². The summed E-state index contributed by atoms with van der Waals surface area (Å²) in [5.41, 5.74) is 3.10. The molecule has 118 valence electrons. The summed E-state index contributed by atoms with van der Waals surface area (Å²) in [7, 11) is 2.01. The number of likely N-dealkylation sites (tertiary alicyclic amines) is 1. The van der Waals surface area contributed by atoms with Gasteiger partial charge in [0.05, 0.1) is 10.6 Å². The maximum absolute atomic E-state index is 12.7. The molecule has 0 aromatic carbocycles. The molecular formula is C17H23N3OS. The normalized spacial score (nSPS) is 16.2. The molecular weight excluding hydrogens is 294 g/mol. The van der Waals surface area contributed by atoms with Gasteiger partial charge >= 0.3 is 0 Å². The predicted molar refractivity (Wildman–Crippen MR) is 89.5 cm³/mol. The van der Waals surface area contributed by atoms with Crippen LogP contribution in [0, 0.1) is 6.92 Å². The fourth-order valence-electron chi connectivity index (χ4n) is 3.26. The highest BCUT2D eigenvalue weighted by atomic mass is 32.1. The van der Waals surface area contributed by atoms with Gasteiger partial charge in [0.1, 0.15) is 0 Å². The number of rotatable bonds is 3. The molecule has 3 heterocycles. The van der Waals surface area contributed by atoms with E-state index in [0.29, 0.717) is 5.92 Å². The Hall–Kier alpha value is -1.62. The first-order valence-corrected chi connectivity index (χ1v) is 8.83. The largest absolute Gasteiger partial charge is 0.354 e. The fraction of sp³-hybridized carbons (Fsp3) is 0.529.